The largest absolute Gasteiger partial charge is 0.317 e. The molecule has 1 heteroatoms. The molecule has 0 amide bonds. The molecule has 0 bridgehead atoms. The van der Waals surface area contributed by atoms with Gasteiger partial charge in [0.2, 0.25) is 0 Å². The highest BCUT2D eigenvalue weighted by molar-refractivity contribution is 5.28. The van der Waals surface area contributed by atoms with Gasteiger partial charge in [0.25, 0.3) is 0 Å². The Morgan fingerprint density at radius 2 is 1.35 bits per heavy atom. The van der Waals surface area contributed by atoms with Crippen LogP contribution in [0.15, 0.2) is 24.3 Å². The van der Waals surface area contributed by atoms with Crippen LogP contribution in [0.4, 0.5) is 0 Å². The van der Waals surface area contributed by atoms with Crippen molar-refractivity contribution in [1.82, 2.24) is 5.32 Å². The van der Waals surface area contributed by atoms with E-state index in [0.29, 0.717) is 0 Å². The number of benzene rings is 1. The van der Waals surface area contributed by atoms with E-state index in [9.17, 15) is 0 Å². The van der Waals surface area contributed by atoms with Crippen molar-refractivity contribution < 1.29 is 0 Å². The molecule has 1 aliphatic rings. The minimum Gasteiger partial charge on any atom is -0.317 e. The third-order valence-corrected chi connectivity index (χ3v) is 3.11. The molecular weight excluding hydrogens is 206 g/mol. The van der Waals surface area contributed by atoms with Crippen molar-refractivity contribution in [2.24, 2.45) is 0 Å². The smallest absolute Gasteiger partial charge is 0.00516 e. The Morgan fingerprint density at radius 1 is 0.882 bits per heavy atom. The van der Waals surface area contributed by atoms with E-state index >= 15 is 0 Å². The van der Waals surface area contributed by atoms with Crippen LogP contribution in [0.3, 0.4) is 0 Å². The maximum atomic E-state index is 3.28. The van der Waals surface area contributed by atoms with Gasteiger partial charge in [-0.2, -0.15) is 0 Å². The van der Waals surface area contributed by atoms with Gasteiger partial charge >= 0.3 is 0 Å². The summed E-state index contributed by atoms with van der Waals surface area (Å²) in [6.45, 7) is 6.72. The van der Waals surface area contributed by atoms with E-state index in [1.54, 1.807) is 11.1 Å². The third-order valence-electron chi connectivity index (χ3n) is 3.11. The topological polar surface area (TPSA) is 12.0 Å². The van der Waals surface area contributed by atoms with Crippen molar-refractivity contribution >= 4 is 0 Å². The van der Waals surface area contributed by atoms with Crippen molar-refractivity contribution in [3.63, 3.8) is 0 Å². The van der Waals surface area contributed by atoms with Crippen LogP contribution in [0.5, 0.6) is 0 Å². The summed E-state index contributed by atoms with van der Waals surface area (Å²) in [5, 5.41) is 3.28. The van der Waals surface area contributed by atoms with Crippen LogP contribution in [0, 0.1) is 0 Å². The van der Waals surface area contributed by atoms with E-state index in [0.717, 1.165) is 0 Å². The van der Waals surface area contributed by atoms with Crippen molar-refractivity contribution in [3.8, 4) is 0 Å². The van der Waals surface area contributed by atoms with Gasteiger partial charge in [0.05, 0.1) is 0 Å². The molecule has 0 unspecified atom stereocenters. The molecule has 1 nitrogen and oxygen atoms in total. The molecule has 0 heterocycles. The predicted octanol–water partition coefficient (Wildman–Crippen LogP) is 3.96. The maximum absolute atomic E-state index is 3.28. The first-order chi connectivity index (χ1) is 8.38. The van der Waals surface area contributed by atoms with E-state index in [4.69, 9.17) is 0 Å². The number of fused-ring (bicyclic) bond motifs is 1. The SMILES string of the molecule is CCCNCCC.c1ccc2c(c1)CCCC2. The molecule has 1 N–H and O–H groups in total. The summed E-state index contributed by atoms with van der Waals surface area (Å²) in [6.07, 6.45) is 7.88. The second kappa shape index (κ2) is 9.23. The summed E-state index contributed by atoms with van der Waals surface area (Å²) in [7, 11) is 0. The zero-order chi connectivity index (χ0) is 12.3. The fourth-order valence-electron chi connectivity index (χ4n) is 2.15. The lowest BCUT2D eigenvalue weighted by Gasteiger charge is -2.13. The molecular formula is C16H27N. The van der Waals surface area contributed by atoms with Crippen LogP contribution in [0.1, 0.15) is 50.7 Å². The van der Waals surface area contributed by atoms with Gasteiger partial charge in [0, 0.05) is 0 Å². The number of hydrogen-bond donors (Lipinski definition) is 1. The monoisotopic (exact) mass is 233 g/mol. The van der Waals surface area contributed by atoms with Gasteiger partial charge in [-0.1, -0.05) is 38.1 Å². The Balaban J connectivity index is 0.000000185. The van der Waals surface area contributed by atoms with Crippen LogP contribution in [-0.4, -0.2) is 13.1 Å². The number of nitrogens with one attached hydrogen (secondary N) is 1. The second-order valence-corrected chi connectivity index (χ2v) is 4.73. The minimum atomic E-state index is 1.17. The molecule has 2 rings (SSSR count). The summed E-state index contributed by atoms with van der Waals surface area (Å²) in [5.41, 5.74) is 3.16. The normalized spacial score (nSPS) is 13.5. The molecule has 0 spiro atoms. The molecule has 17 heavy (non-hydrogen) atoms. The van der Waals surface area contributed by atoms with Crippen molar-refractivity contribution in [1.29, 1.82) is 0 Å². The Labute approximate surface area is 107 Å². The lowest BCUT2D eigenvalue weighted by molar-refractivity contribution is 0.662. The van der Waals surface area contributed by atoms with Crippen LogP contribution in [-0.2, 0) is 12.8 Å². The van der Waals surface area contributed by atoms with Crippen molar-refractivity contribution in [2.45, 2.75) is 52.4 Å². The first-order valence-corrected chi connectivity index (χ1v) is 7.16. The number of hydrogen-bond acceptors (Lipinski definition) is 1. The quantitative estimate of drug-likeness (QED) is 0.776. The Morgan fingerprint density at radius 3 is 1.76 bits per heavy atom. The zero-order valence-electron chi connectivity index (χ0n) is 11.5. The van der Waals surface area contributed by atoms with Gasteiger partial charge < -0.3 is 5.32 Å². The summed E-state index contributed by atoms with van der Waals surface area (Å²) >= 11 is 0. The lowest BCUT2D eigenvalue weighted by atomic mass is 9.92. The molecule has 1 aromatic rings. The van der Waals surface area contributed by atoms with Gasteiger partial charge in [0.1, 0.15) is 0 Å². The van der Waals surface area contributed by atoms with E-state index in [2.05, 4.69) is 43.4 Å². The molecule has 96 valence electrons. The Bertz CT molecular complexity index is 264. The first-order valence-electron chi connectivity index (χ1n) is 7.16. The fraction of sp³-hybridized carbons (Fsp3) is 0.625. The molecule has 0 aliphatic heterocycles. The predicted molar refractivity (Wildman–Crippen MR) is 76.5 cm³/mol. The zero-order valence-corrected chi connectivity index (χ0v) is 11.5. The van der Waals surface area contributed by atoms with Gasteiger partial charge in [-0.05, 0) is 62.7 Å². The standard InChI is InChI=1S/C10H12.C6H15N/c1-2-6-10-8-4-3-7-9(10)5-1;1-3-5-7-6-4-2/h1-2,5-6H,3-4,7-8H2;7H,3-6H2,1-2H3. The van der Waals surface area contributed by atoms with Gasteiger partial charge in [-0.25, -0.2) is 0 Å². The van der Waals surface area contributed by atoms with Crippen LogP contribution in [0.2, 0.25) is 0 Å². The van der Waals surface area contributed by atoms with Crippen molar-refractivity contribution in [3.05, 3.63) is 35.4 Å². The Hall–Kier alpha value is -0.820. The van der Waals surface area contributed by atoms with Crippen LogP contribution < -0.4 is 5.32 Å². The first kappa shape index (κ1) is 14.2. The highest BCUT2D eigenvalue weighted by Gasteiger charge is 2.05. The maximum Gasteiger partial charge on any atom is -0.00516 e. The van der Waals surface area contributed by atoms with Gasteiger partial charge in [0.15, 0.2) is 0 Å². The molecule has 0 atom stereocenters. The highest BCUT2D eigenvalue weighted by Crippen LogP contribution is 2.19. The minimum absolute atomic E-state index is 1.17. The molecule has 0 aromatic heterocycles. The molecule has 1 aliphatic carbocycles. The third kappa shape index (κ3) is 5.88. The average molecular weight is 233 g/mol. The van der Waals surface area contributed by atoms with Crippen molar-refractivity contribution in [2.75, 3.05) is 13.1 Å². The summed E-state index contributed by atoms with van der Waals surface area (Å²) in [5.74, 6) is 0. The Kier molecular flexibility index (Phi) is 7.74. The lowest BCUT2D eigenvalue weighted by Crippen LogP contribution is -2.14. The molecule has 0 saturated carbocycles. The second-order valence-electron chi connectivity index (χ2n) is 4.73. The van der Waals surface area contributed by atoms with E-state index in [1.165, 1.54) is 51.6 Å². The van der Waals surface area contributed by atoms with Gasteiger partial charge in [-0.15, -0.1) is 0 Å². The molecule has 1 aromatic carbocycles. The van der Waals surface area contributed by atoms with E-state index < -0.39 is 0 Å². The summed E-state index contributed by atoms with van der Waals surface area (Å²) < 4.78 is 0. The van der Waals surface area contributed by atoms with Crippen LogP contribution in [0.25, 0.3) is 0 Å². The summed E-state index contributed by atoms with van der Waals surface area (Å²) in [4.78, 5) is 0. The molecule has 0 saturated heterocycles. The average Bonchev–Trinajstić information content (AvgIpc) is 2.40. The van der Waals surface area contributed by atoms with E-state index in [1.807, 2.05) is 0 Å². The summed E-state index contributed by atoms with van der Waals surface area (Å²) in [6, 6.07) is 8.80. The number of rotatable bonds is 4. The van der Waals surface area contributed by atoms with Gasteiger partial charge in [-0.3, -0.25) is 0 Å². The fourth-order valence-corrected chi connectivity index (χ4v) is 2.15. The highest BCUT2D eigenvalue weighted by atomic mass is 14.8. The molecule has 0 fully saturated rings. The van der Waals surface area contributed by atoms with Crippen LogP contribution >= 0.6 is 0 Å². The van der Waals surface area contributed by atoms with E-state index in [-0.39, 0.29) is 0 Å². The number of aryl methyl sites for hydroxylation is 2. The molecule has 0 radical (unpaired) electrons.